The van der Waals surface area contributed by atoms with Crippen LogP contribution >= 0.6 is 15.2 Å². The minimum atomic E-state index is -4.81. The molecule has 10 atom stereocenters. The topological polar surface area (TPSA) is 285 Å². The lowest BCUT2D eigenvalue weighted by atomic mass is 10.00. The van der Waals surface area contributed by atoms with Gasteiger partial charge in [-0.2, -0.15) is 0 Å². The van der Waals surface area contributed by atoms with Crippen molar-refractivity contribution in [2.24, 2.45) is 11.7 Å². The number of aromatic nitrogens is 4. The first-order valence-electron chi connectivity index (χ1n) is 13.3. The number of benzene rings is 1. The third kappa shape index (κ3) is 6.71. The number of primary amides is 1. The third-order valence-electron chi connectivity index (χ3n) is 7.45. The average molecular weight is 658 g/mol. The van der Waals surface area contributed by atoms with E-state index in [0.29, 0.717) is 16.7 Å². The van der Waals surface area contributed by atoms with Crippen molar-refractivity contribution >= 4 is 38.1 Å². The summed E-state index contributed by atoms with van der Waals surface area (Å²) in [6, 6.07) is 5.86. The van der Waals surface area contributed by atoms with Crippen LogP contribution < -0.4 is 11.5 Å². The van der Waals surface area contributed by atoms with Crippen molar-refractivity contribution < 1.29 is 57.6 Å². The maximum absolute atomic E-state index is 12.7. The average Bonchev–Trinajstić information content (AvgIpc) is 3.61. The Kier molecular flexibility index (Phi) is 9.24. The molecular weight excluding hydrogens is 626 g/mol. The lowest BCUT2D eigenvalue weighted by Crippen LogP contribution is -2.33. The zero-order valence-corrected chi connectivity index (χ0v) is 24.9. The van der Waals surface area contributed by atoms with E-state index in [9.17, 15) is 39.0 Å². The van der Waals surface area contributed by atoms with E-state index in [-0.39, 0.29) is 11.4 Å². The number of rotatable bonds is 11. The first-order valence-corrected chi connectivity index (χ1v) is 16.8. The molecule has 3 aromatic rings. The summed E-state index contributed by atoms with van der Waals surface area (Å²) in [5.74, 6) is -2.43. The van der Waals surface area contributed by atoms with Gasteiger partial charge in [-0.25, -0.2) is 15.0 Å². The van der Waals surface area contributed by atoms with Gasteiger partial charge in [-0.05, 0) is 17.7 Å². The Balaban J connectivity index is 1.16. The largest absolute Gasteiger partial charge is 0.390 e. The molecule has 2 aliphatic heterocycles. The summed E-state index contributed by atoms with van der Waals surface area (Å²) in [7, 11) is -9.60. The maximum atomic E-state index is 12.7. The van der Waals surface area contributed by atoms with E-state index in [4.69, 9.17) is 30.0 Å². The summed E-state index contributed by atoms with van der Waals surface area (Å²) in [6.07, 6.45) is -5.84. The lowest BCUT2D eigenvalue weighted by molar-refractivity contribution is -0.0412. The van der Waals surface area contributed by atoms with Gasteiger partial charge in [0.2, 0.25) is 5.91 Å². The van der Waals surface area contributed by atoms with Crippen LogP contribution in [0.3, 0.4) is 0 Å². The summed E-state index contributed by atoms with van der Waals surface area (Å²) >= 11 is 0. The quantitative estimate of drug-likeness (QED) is 0.129. The number of imidazole rings is 1. The number of nitrogen functional groups attached to an aromatic ring is 1. The molecule has 2 aromatic heterocycles. The zero-order valence-electron chi connectivity index (χ0n) is 23.1. The molecule has 44 heavy (non-hydrogen) atoms. The number of amides is 1. The highest BCUT2D eigenvalue weighted by Crippen LogP contribution is 2.59. The molecule has 0 radical (unpaired) electrons. The fourth-order valence-corrected chi connectivity index (χ4v) is 8.34. The predicted molar refractivity (Wildman–Crippen MR) is 150 cm³/mol. The summed E-state index contributed by atoms with van der Waals surface area (Å²) in [5.41, 5.74) is 12.2. The standard InChI is InChI=1S/C24H32N6O12P2/c1-11-17(31)14(42-24(11)30-9-29-16-21(25)27-8-28-23(16)30)6-39-43(35,36)10-44(37,38)40-7-15-18(32)19(33)20(41-15)12-3-2-4-13(5-12)22(26)34/h2-5,8-9,11,14-15,17-20,24,31-33H,6-7,10H2,1H3,(H2,26,34)(H,35,36)(H,37,38)(H2,25,27,28)/t11?,14-,15-,17?,18?,19+,20+,24-/m1/s1. The van der Waals surface area contributed by atoms with Crippen LogP contribution in [0.25, 0.3) is 11.2 Å². The van der Waals surface area contributed by atoms with Gasteiger partial charge in [-0.15, -0.1) is 0 Å². The summed E-state index contributed by atoms with van der Waals surface area (Å²) < 4.78 is 48.4. The molecule has 2 saturated heterocycles. The first kappa shape index (κ1) is 32.5. The molecule has 0 aliphatic carbocycles. The predicted octanol–water partition coefficient (Wildman–Crippen LogP) is -0.375. The highest BCUT2D eigenvalue weighted by molar-refractivity contribution is 7.70. The monoisotopic (exact) mass is 658 g/mol. The zero-order chi connectivity index (χ0) is 32.0. The number of carbonyl (C=O) groups excluding carboxylic acids is 1. The second-order valence-corrected chi connectivity index (χ2v) is 14.8. The maximum Gasteiger partial charge on any atom is 0.340 e. The van der Waals surface area contributed by atoms with E-state index in [2.05, 4.69) is 15.0 Å². The number of hydrogen-bond donors (Lipinski definition) is 7. The minimum Gasteiger partial charge on any atom is -0.390 e. The number of hydrogen-bond acceptors (Lipinski definition) is 14. The van der Waals surface area contributed by atoms with Crippen molar-refractivity contribution in [2.75, 3.05) is 24.9 Å². The van der Waals surface area contributed by atoms with E-state index >= 15 is 0 Å². The molecule has 20 heteroatoms. The fourth-order valence-electron chi connectivity index (χ4n) is 5.12. The minimum absolute atomic E-state index is 0.140. The number of aliphatic hydroxyl groups excluding tert-OH is 3. The number of anilines is 1. The van der Waals surface area contributed by atoms with Crippen molar-refractivity contribution in [3.05, 3.63) is 48.0 Å². The van der Waals surface area contributed by atoms with Crippen molar-refractivity contribution in [3.8, 4) is 0 Å². The number of nitrogens with zero attached hydrogens (tertiary/aromatic N) is 4. The number of nitrogens with two attached hydrogens (primary N) is 2. The molecular formula is C24H32N6O12P2. The van der Waals surface area contributed by atoms with Gasteiger partial charge in [0, 0.05) is 11.5 Å². The Morgan fingerprint density at radius 1 is 1.00 bits per heavy atom. The van der Waals surface area contributed by atoms with E-state index < -0.39 is 89.0 Å². The van der Waals surface area contributed by atoms with Crippen molar-refractivity contribution in [3.63, 3.8) is 0 Å². The first-order chi connectivity index (χ1) is 20.7. The van der Waals surface area contributed by atoms with E-state index in [1.165, 1.54) is 41.5 Å². The van der Waals surface area contributed by atoms with Gasteiger partial charge in [0.15, 0.2) is 17.4 Å². The molecule has 2 aliphatic rings. The van der Waals surface area contributed by atoms with E-state index in [1.54, 1.807) is 6.92 Å². The van der Waals surface area contributed by atoms with Gasteiger partial charge in [0.05, 0.1) is 25.6 Å². The van der Waals surface area contributed by atoms with Gasteiger partial charge in [0.1, 0.15) is 48.6 Å². The van der Waals surface area contributed by atoms with Crippen molar-refractivity contribution in [1.82, 2.24) is 19.5 Å². The molecule has 0 saturated carbocycles. The molecule has 240 valence electrons. The van der Waals surface area contributed by atoms with E-state index in [0.717, 1.165) is 0 Å². The van der Waals surface area contributed by atoms with Gasteiger partial charge in [-0.1, -0.05) is 19.1 Å². The fraction of sp³-hybridized carbons (Fsp3) is 0.500. The number of ether oxygens (including phenoxy) is 2. The summed E-state index contributed by atoms with van der Waals surface area (Å²) in [4.78, 5) is 44.2. The highest BCUT2D eigenvalue weighted by atomic mass is 31.2. The highest BCUT2D eigenvalue weighted by Gasteiger charge is 2.46. The molecule has 18 nitrogen and oxygen atoms in total. The molecule has 5 unspecified atom stereocenters. The lowest BCUT2D eigenvalue weighted by Gasteiger charge is -2.21. The molecule has 2 fully saturated rings. The Bertz CT molecular complexity index is 1630. The Hall–Kier alpha value is -2.86. The van der Waals surface area contributed by atoms with Crippen LogP contribution in [0.1, 0.15) is 35.2 Å². The summed E-state index contributed by atoms with van der Waals surface area (Å²) in [5, 5.41) is 31.6. The van der Waals surface area contributed by atoms with Crippen LogP contribution in [0.15, 0.2) is 36.9 Å². The molecule has 1 amide bonds. The van der Waals surface area contributed by atoms with Gasteiger partial charge >= 0.3 is 15.2 Å². The number of fused-ring (bicyclic) bond motifs is 1. The number of aliphatic hydroxyl groups is 3. The van der Waals surface area contributed by atoms with Crippen LogP contribution in [0, 0.1) is 5.92 Å². The Morgan fingerprint density at radius 2 is 1.66 bits per heavy atom. The third-order valence-corrected chi connectivity index (χ3v) is 11.4. The Morgan fingerprint density at radius 3 is 2.32 bits per heavy atom. The van der Waals surface area contributed by atoms with Crippen molar-refractivity contribution in [1.29, 1.82) is 0 Å². The number of carbonyl (C=O) groups is 1. The Labute approximate surface area is 249 Å². The van der Waals surface area contributed by atoms with Crippen LogP contribution in [0.2, 0.25) is 0 Å². The molecule has 5 rings (SSSR count). The van der Waals surface area contributed by atoms with Crippen LogP contribution in [-0.4, -0.2) is 100 Å². The van der Waals surface area contributed by atoms with E-state index in [1.807, 2.05) is 0 Å². The normalized spacial score (nSPS) is 31.6. The van der Waals surface area contributed by atoms with Gasteiger partial charge in [0.25, 0.3) is 0 Å². The molecule has 1 aromatic carbocycles. The second kappa shape index (κ2) is 12.5. The van der Waals surface area contributed by atoms with Gasteiger partial charge in [-0.3, -0.25) is 18.5 Å². The second-order valence-electron chi connectivity index (χ2n) is 10.6. The van der Waals surface area contributed by atoms with Crippen molar-refractivity contribution in [2.45, 2.75) is 49.8 Å². The molecule has 4 heterocycles. The summed E-state index contributed by atoms with van der Waals surface area (Å²) in [6.45, 7) is 0.340. The van der Waals surface area contributed by atoms with Crippen LogP contribution in [-0.2, 0) is 27.7 Å². The molecule has 0 bridgehead atoms. The van der Waals surface area contributed by atoms with Crippen LogP contribution in [0.5, 0.6) is 0 Å². The SMILES string of the molecule is CC1C(O)[C@@H](COP(=O)(O)CP(=O)(O)OC[C@H]2O[C@@H](c3cccc(C(N)=O)c3)[C@@H](O)C2O)O[C@H]1n1cnc2c(N)ncnc21. The van der Waals surface area contributed by atoms with Gasteiger partial charge < -0.3 is 55.1 Å². The van der Waals surface area contributed by atoms with Crippen LogP contribution in [0.4, 0.5) is 5.82 Å². The smallest absolute Gasteiger partial charge is 0.340 e. The molecule has 9 N–H and O–H groups in total. The molecule has 0 spiro atoms.